The number of rotatable bonds is 11. The molecule has 2 unspecified atom stereocenters. The van der Waals surface area contributed by atoms with Crippen LogP contribution in [-0.2, 0) is 6.42 Å². The molecule has 5 N–H and O–H groups in total. The highest BCUT2D eigenvalue weighted by Crippen LogP contribution is 2.46. The molecule has 9 heteroatoms. The van der Waals surface area contributed by atoms with E-state index >= 15 is 0 Å². The van der Waals surface area contributed by atoms with Gasteiger partial charge in [-0.2, -0.15) is 0 Å². The minimum Gasteiger partial charge on any atom is -0.508 e. The normalized spacial score (nSPS) is 12.3. The topological polar surface area (TPSA) is 154 Å². The van der Waals surface area contributed by atoms with Gasteiger partial charge in [0, 0.05) is 64.8 Å². The fourth-order valence-electron chi connectivity index (χ4n) is 4.96. The predicted molar refractivity (Wildman–Crippen MR) is 150 cm³/mol. The molecule has 0 aliphatic rings. The van der Waals surface area contributed by atoms with E-state index in [-0.39, 0.29) is 52.6 Å². The van der Waals surface area contributed by atoms with Crippen molar-refractivity contribution in [1.29, 1.82) is 0 Å². The van der Waals surface area contributed by atoms with Crippen LogP contribution >= 0.6 is 0 Å². The molecule has 0 aliphatic heterocycles. The molecule has 0 saturated carbocycles. The van der Waals surface area contributed by atoms with Gasteiger partial charge in [0.2, 0.25) is 0 Å². The fraction of sp³-hybridized carbons (Fsp3) is 0.188. The number of Topliss-reactive ketones (excluding diaryl/α,β-unsaturated/α-hetero) is 2. The first-order chi connectivity index (χ1) is 19.6. The summed E-state index contributed by atoms with van der Waals surface area (Å²) in [6.07, 6.45) is -0.491. The van der Waals surface area contributed by atoms with E-state index < -0.39 is 34.9 Å². The second-order valence-corrected chi connectivity index (χ2v) is 9.55. The molecule has 4 aromatic carbocycles. The fourth-order valence-corrected chi connectivity index (χ4v) is 4.96. The van der Waals surface area contributed by atoms with Gasteiger partial charge < -0.3 is 35.0 Å². The lowest BCUT2D eigenvalue weighted by Gasteiger charge is -2.29. The van der Waals surface area contributed by atoms with Crippen LogP contribution in [0.15, 0.2) is 78.9 Å². The molecule has 0 bridgehead atoms. The van der Waals surface area contributed by atoms with E-state index in [1.54, 1.807) is 30.3 Å². The predicted octanol–water partition coefficient (Wildman–Crippen LogP) is 5.33. The Morgan fingerprint density at radius 1 is 0.707 bits per heavy atom. The van der Waals surface area contributed by atoms with Crippen LogP contribution in [0.2, 0.25) is 0 Å². The minimum atomic E-state index is -1.15. The smallest absolute Gasteiger partial charge is 0.166 e. The van der Waals surface area contributed by atoms with Crippen LogP contribution in [0.4, 0.5) is 0 Å². The number of hydrogen-bond acceptors (Lipinski definition) is 9. The molecular formula is C32H30O9. The molecule has 41 heavy (non-hydrogen) atoms. The maximum absolute atomic E-state index is 14.2. The molecule has 4 rings (SSSR count). The van der Waals surface area contributed by atoms with E-state index in [0.717, 1.165) is 12.1 Å². The van der Waals surface area contributed by atoms with E-state index in [2.05, 4.69) is 0 Å². The average molecular weight is 559 g/mol. The van der Waals surface area contributed by atoms with Crippen molar-refractivity contribution < 1.29 is 44.6 Å². The second-order valence-electron chi connectivity index (χ2n) is 9.55. The summed E-state index contributed by atoms with van der Waals surface area (Å²) in [4.78, 5) is 27.7. The molecule has 4 aromatic rings. The Morgan fingerprint density at radius 3 is 1.93 bits per heavy atom. The lowest BCUT2D eigenvalue weighted by molar-refractivity contribution is 0.0873. The number of benzene rings is 4. The van der Waals surface area contributed by atoms with Gasteiger partial charge in [-0.3, -0.25) is 9.59 Å². The number of aromatic hydroxyl groups is 5. The van der Waals surface area contributed by atoms with Crippen LogP contribution in [0.25, 0.3) is 0 Å². The van der Waals surface area contributed by atoms with E-state index in [1.807, 2.05) is 0 Å². The molecular weight excluding hydrogens is 528 g/mol. The molecule has 0 fully saturated rings. The van der Waals surface area contributed by atoms with Crippen LogP contribution in [0.5, 0.6) is 40.2 Å². The van der Waals surface area contributed by atoms with Crippen LogP contribution in [0.3, 0.4) is 0 Å². The van der Waals surface area contributed by atoms with E-state index in [9.17, 15) is 35.1 Å². The van der Waals surface area contributed by atoms with Gasteiger partial charge in [0.25, 0.3) is 0 Å². The number of phenolic OH excluding ortho intramolecular Hbond substituents is 5. The summed E-state index contributed by atoms with van der Waals surface area (Å²) < 4.78 is 10.7. The molecule has 0 aromatic heterocycles. The van der Waals surface area contributed by atoms with Gasteiger partial charge in [0.15, 0.2) is 11.6 Å². The maximum Gasteiger partial charge on any atom is 0.166 e. The van der Waals surface area contributed by atoms with Crippen molar-refractivity contribution in [3.05, 3.63) is 101 Å². The number of carbonyl (C=O) groups is 2. The van der Waals surface area contributed by atoms with Gasteiger partial charge in [0.05, 0.1) is 14.2 Å². The number of hydrogen-bond donors (Lipinski definition) is 5. The highest BCUT2D eigenvalue weighted by atomic mass is 16.5. The highest BCUT2D eigenvalue weighted by Gasteiger charge is 2.37. The first-order valence-electron chi connectivity index (χ1n) is 12.7. The largest absolute Gasteiger partial charge is 0.508 e. The molecule has 0 spiro atoms. The summed E-state index contributed by atoms with van der Waals surface area (Å²) in [5, 5.41) is 52.5. The summed E-state index contributed by atoms with van der Waals surface area (Å²) in [6, 6.07) is 18.8. The summed E-state index contributed by atoms with van der Waals surface area (Å²) in [5.41, 5.74) is 0.669. The van der Waals surface area contributed by atoms with Crippen molar-refractivity contribution in [2.75, 3.05) is 14.2 Å². The van der Waals surface area contributed by atoms with Gasteiger partial charge in [-0.25, -0.2) is 0 Å². The number of ether oxygens (including phenoxy) is 2. The Hall–Kier alpha value is -5.18. The van der Waals surface area contributed by atoms with Gasteiger partial charge in [-0.05, 0) is 30.7 Å². The van der Waals surface area contributed by atoms with Crippen LogP contribution in [0, 0.1) is 5.92 Å². The van der Waals surface area contributed by atoms with Crippen LogP contribution in [0.1, 0.15) is 44.2 Å². The zero-order chi connectivity index (χ0) is 29.7. The number of ketones is 2. The molecule has 0 amide bonds. The Balaban J connectivity index is 1.92. The van der Waals surface area contributed by atoms with Crippen molar-refractivity contribution in [2.24, 2.45) is 5.92 Å². The number of phenols is 5. The van der Waals surface area contributed by atoms with Gasteiger partial charge in [-0.15, -0.1) is 0 Å². The Bertz CT molecular complexity index is 1520. The molecule has 0 aliphatic carbocycles. The standard InChI is InChI=1S/C32H30O9/c1-40-22-14-27(36)25(30(15-22)41-2)16-24(32(39)19-8-10-20(33)11-9-19)23(17-26(35)18-6-4-3-5-7-18)31-28(37)12-21(34)13-29(31)38/h3-15,23-24,33-34,36-38H,16-17H2,1-2H3. The Kier molecular flexibility index (Phi) is 8.67. The molecule has 0 radical (unpaired) electrons. The molecule has 9 nitrogen and oxygen atoms in total. The van der Waals surface area contributed by atoms with Gasteiger partial charge >= 0.3 is 0 Å². The van der Waals surface area contributed by atoms with E-state index in [1.165, 1.54) is 50.6 Å². The summed E-state index contributed by atoms with van der Waals surface area (Å²) in [7, 11) is 2.81. The van der Waals surface area contributed by atoms with Crippen LogP contribution in [-0.4, -0.2) is 51.3 Å². The first kappa shape index (κ1) is 28.8. The van der Waals surface area contributed by atoms with Crippen molar-refractivity contribution in [2.45, 2.75) is 18.8 Å². The zero-order valence-corrected chi connectivity index (χ0v) is 22.4. The third kappa shape index (κ3) is 6.36. The summed E-state index contributed by atoms with van der Waals surface area (Å²) in [6.45, 7) is 0. The van der Waals surface area contributed by atoms with Crippen molar-refractivity contribution in [3.63, 3.8) is 0 Å². The SMILES string of the molecule is COc1cc(O)c(CC(C(=O)c2ccc(O)cc2)C(CC(=O)c2ccccc2)c2c(O)cc(O)cc2O)c(OC)c1. The Morgan fingerprint density at radius 2 is 1.34 bits per heavy atom. The van der Waals surface area contributed by atoms with Crippen LogP contribution < -0.4 is 9.47 Å². The monoisotopic (exact) mass is 558 g/mol. The first-order valence-corrected chi connectivity index (χ1v) is 12.7. The zero-order valence-electron chi connectivity index (χ0n) is 22.4. The molecule has 0 heterocycles. The lowest BCUT2D eigenvalue weighted by Crippen LogP contribution is -2.27. The van der Waals surface area contributed by atoms with Crippen molar-refractivity contribution in [3.8, 4) is 40.2 Å². The maximum atomic E-state index is 14.2. The Labute approximate surface area is 236 Å². The summed E-state index contributed by atoms with van der Waals surface area (Å²) in [5.74, 6) is -4.31. The third-order valence-corrected chi connectivity index (χ3v) is 7.01. The number of carbonyl (C=O) groups excluding carboxylic acids is 2. The highest BCUT2D eigenvalue weighted by molar-refractivity contribution is 6.01. The average Bonchev–Trinajstić information content (AvgIpc) is 2.95. The minimum absolute atomic E-state index is 0.0582. The third-order valence-electron chi connectivity index (χ3n) is 7.01. The quantitative estimate of drug-likeness (QED) is 0.154. The molecule has 0 saturated heterocycles. The lowest BCUT2D eigenvalue weighted by atomic mass is 9.74. The van der Waals surface area contributed by atoms with Crippen molar-refractivity contribution in [1.82, 2.24) is 0 Å². The second kappa shape index (κ2) is 12.3. The molecule has 2 atom stereocenters. The van der Waals surface area contributed by atoms with E-state index in [0.29, 0.717) is 11.3 Å². The molecule has 212 valence electrons. The van der Waals surface area contributed by atoms with E-state index in [4.69, 9.17) is 9.47 Å². The van der Waals surface area contributed by atoms with Crippen molar-refractivity contribution >= 4 is 11.6 Å². The summed E-state index contributed by atoms with van der Waals surface area (Å²) >= 11 is 0. The van der Waals surface area contributed by atoms with Gasteiger partial charge in [0.1, 0.15) is 40.2 Å². The van der Waals surface area contributed by atoms with Gasteiger partial charge in [-0.1, -0.05) is 30.3 Å². The number of methoxy groups -OCH3 is 2.